The molecule has 0 heterocycles. The van der Waals surface area contributed by atoms with Crippen molar-refractivity contribution in [1.29, 1.82) is 0 Å². The van der Waals surface area contributed by atoms with Crippen LogP contribution < -0.4 is 10.5 Å². The molecule has 104 valence electrons. The number of benzene rings is 2. The Kier molecular flexibility index (Phi) is 3.70. The predicted octanol–water partition coefficient (Wildman–Crippen LogP) is 3.10. The van der Waals surface area contributed by atoms with E-state index < -0.39 is 17.4 Å². The van der Waals surface area contributed by atoms with E-state index in [9.17, 15) is 13.6 Å². The van der Waals surface area contributed by atoms with Gasteiger partial charge in [-0.05, 0) is 36.8 Å². The van der Waals surface area contributed by atoms with Gasteiger partial charge in [-0.3, -0.25) is 4.79 Å². The zero-order valence-electron chi connectivity index (χ0n) is 11.0. The third-order valence-corrected chi connectivity index (χ3v) is 2.99. The summed E-state index contributed by atoms with van der Waals surface area (Å²) in [6.45, 7) is 1.77. The Labute approximate surface area is 115 Å². The summed E-state index contributed by atoms with van der Waals surface area (Å²) in [5.74, 6) is -1.75. The first-order valence-corrected chi connectivity index (χ1v) is 5.88. The number of anilines is 1. The number of hydrogen-bond acceptors (Lipinski definition) is 3. The third-order valence-electron chi connectivity index (χ3n) is 2.99. The van der Waals surface area contributed by atoms with Crippen molar-refractivity contribution in [2.75, 3.05) is 12.8 Å². The quantitative estimate of drug-likeness (QED) is 0.693. The minimum atomic E-state index is -0.935. The van der Waals surface area contributed by atoms with Crippen molar-refractivity contribution in [2.45, 2.75) is 6.92 Å². The number of hydrogen-bond donors (Lipinski definition) is 1. The second kappa shape index (κ2) is 5.28. The van der Waals surface area contributed by atoms with Crippen molar-refractivity contribution in [3.63, 3.8) is 0 Å². The predicted molar refractivity (Wildman–Crippen MR) is 71.9 cm³/mol. The molecule has 0 atom stereocenters. The summed E-state index contributed by atoms with van der Waals surface area (Å²) in [5, 5.41) is 0. The summed E-state index contributed by atoms with van der Waals surface area (Å²) in [6, 6.07) is 6.34. The van der Waals surface area contributed by atoms with Crippen LogP contribution in [0.4, 0.5) is 14.5 Å². The molecule has 0 radical (unpaired) electrons. The van der Waals surface area contributed by atoms with Crippen LogP contribution in [-0.4, -0.2) is 12.9 Å². The van der Waals surface area contributed by atoms with Gasteiger partial charge in [0.05, 0.1) is 18.4 Å². The molecule has 2 rings (SSSR count). The summed E-state index contributed by atoms with van der Waals surface area (Å²) in [6.07, 6.45) is 0. The highest BCUT2D eigenvalue weighted by molar-refractivity contribution is 6.09. The van der Waals surface area contributed by atoms with Gasteiger partial charge in [0, 0.05) is 11.6 Å². The van der Waals surface area contributed by atoms with E-state index >= 15 is 0 Å². The minimum Gasteiger partial charge on any atom is -0.496 e. The number of ketones is 1. The summed E-state index contributed by atoms with van der Waals surface area (Å²) in [5.41, 5.74) is 5.88. The second-order valence-electron chi connectivity index (χ2n) is 4.37. The van der Waals surface area contributed by atoms with E-state index in [1.165, 1.54) is 13.2 Å². The van der Waals surface area contributed by atoms with Gasteiger partial charge in [-0.1, -0.05) is 0 Å². The number of nitrogens with two attached hydrogens (primary N) is 1. The lowest BCUT2D eigenvalue weighted by Gasteiger charge is -2.08. The summed E-state index contributed by atoms with van der Waals surface area (Å²) in [4.78, 5) is 12.2. The number of methoxy groups -OCH3 is 1. The Balaban J connectivity index is 2.46. The first-order chi connectivity index (χ1) is 9.43. The standard InChI is InChI=1S/C15H13F2NO2/c1-8-5-9(3-4-14(8)20-2)15(19)10-6-13(18)12(17)7-11(10)16/h3-7H,18H2,1-2H3. The maximum atomic E-state index is 13.7. The van der Waals surface area contributed by atoms with Crippen molar-refractivity contribution < 1.29 is 18.3 Å². The maximum Gasteiger partial charge on any atom is 0.196 e. The average molecular weight is 277 g/mol. The molecule has 0 spiro atoms. The third kappa shape index (κ3) is 2.47. The van der Waals surface area contributed by atoms with Gasteiger partial charge < -0.3 is 10.5 Å². The number of ether oxygens (including phenoxy) is 1. The molecular weight excluding hydrogens is 264 g/mol. The normalized spacial score (nSPS) is 10.4. The highest BCUT2D eigenvalue weighted by atomic mass is 19.1. The number of rotatable bonds is 3. The van der Waals surface area contributed by atoms with Gasteiger partial charge in [-0.15, -0.1) is 0 Å². The molecule has 5 heteroatoms. The van der Waals surface area contributed by atoms with Crippen LogP contribution in [0.2, 0.25) is 0 Å². The van der Waals surface area contributed by atoms with E-state index in [4.69, 9.17) is 10.5 Å². The van der Waals surface area contributed by atoms with Gasteiger partial charge >= 0.3 is 0 Å². The number of aryl methyl sites for hydroxylation is 1. The van der Waals surface area contributed by atoms with E-state index in [1.807, 2.05) is 0 Å². The van der Waals surface area contributed by atoms with Crippen LogP contribution in [0.3, 0.4) is 0 Å². The van der Waals surface area contributed by atoms with Crippen molar-refractivity contribution >= 4 is 11.5 Å². The lowest BCUT2D eigenvalue weighted by atomic mass is 10.00. The monoisotopic (exact) mass is 277 g/mol. The minimum absolute atomic E-state index is 0.256. The van der Waals surface area contributed by atoms with Crippen LogP contribution in [-0.2, 0) is 0 Å². The van der Waals surface area contributed by atoms with E-state index in [0.717, 1.165) is 11.6 Å². The first-order valence-electron chi connectivity index (χ1n) is 5.88. The topological polar surface area (TPSA) is 52.3 Å². The Morgan fingerprint density at radius 1 is 1.15 bits per heavy atom. The van der Waals surface area contributed by atoms with Crippen molar-refractivity contribution in [1.82, 2.24) is 0 Å². The van der Waals surface area contributed by atoms with Crippen LogP contribution in [0.5, 0.6) is 5.75 Å². The molecule has 0 amide bonds. The fraction of sp³-hybridized carbons (Fsp3) is 0.133. The molecule has 2 N–H and O–H groups in total. The van der Waals surface area contributed by atoms with Crippen molar-refractivity contribution in [3.8, 4) is 5.75 Å². The zero-order chi connectivity index (χ0) is 14.9. The number of carbonyl (C=O) groups excluding carboxylic acids is 1. The molecule has 0 unspecified atom stereocenters. The maximum absolute atomic E-state index is 13.7. The largest absolute Gasteiger partial charge is 0.496 e. The van der Waals surface area contributed by atoms with Crippen LogP contribution in [0.25, 0.3) is 0 Å². The molecule has 0 aliphatic rings. The molecule has 0 saturated heterocycles. The van der Waals surface area contributed by atoms with Gasteiger partial charge in [-0.2, -0.15) is 0 Å². The van der Waals surface area contributed by atoms with Gasteiger partial charge in [0.2, 0.25) is 0 Å². The zero-order valence-corrected chi connectivity index (χ0v) is 11.0. The van der Waals surface area contributed by atoms with Gasteiger partial charge in [0.25, 0.3) is 0 Å². The van der Waals surface area contributed by atoms with Crippen LogP contribution in [0.1, 0.15) is 21.5 Å². The molecule has 0 aliphatic carbocycles. The number of carbonyl (C=O) groups is 1. The van der Waals surface area contributed by atoms with Crippen LogP contribution >= 0.6 is 0 Å². The number of halogens is 2. The van der Waals surface area contributed by atoms with Crippen molar-refractivity contribution in [2.24, 2.45) is 0 Å². The lowest BCUT2D eigenvalue weighted by molar-refractivity contribution is 0.103. The summed E-state index contributed by atoms with van der Waals surface area (Å²) < 4.78 is 31.9. The van der Waals surface area contributed by atoms with Gasteiger partial charge in [0.1, 0.15) is 17.4 Å². The molecule has 2 aromatic carbocycles. The summed E-state index contributed by atoms with van der Waals surface area (Å²) in [7, 11) is 1.52. The molecule has 3 nitrogen and oxygen atoms in total. The fourth-order valence-corrected chi connectivity index (χ4v) is 1.91. The Bertz CT molecular complexity index is 684. The fourth-order valence-electron chi connectivity index (χ4n) is 1.91. The Hall–Kier alpha value is -2.43. The molecule has 0 aliphatic heterocycles. The SMILES string of the molecule is COc1ccc(C(=O)c2cc(N)c(F)cc2F)cc1C. The lowest BCUT2D eigenvalue weighted by Crippen LogP contribution is -2.07. The number of nitrogen functional groups attached to an aromatic ring is 1. The highest BCUT2D eigenvalue weighted by Crippen LogP contribution is 2.23. The molecule has 0 saturated carbocycles. The molecular formula is C15H13F2NO2. The Morgan fingerprint density at radius 2 is 1.85 bits per heavy atom. The smallest absolute Gasteiger partial charge is 0.196 e. The summed E-state index contributed by atoms with van der Waals surface area (Å²) >= 11 is 0. The molecule has 2 aromatic rings. The first kappa shape index (κ1) is 14.0. The molecule has 20 heavy (non-hydrogen) atoms. The van der Waals surface area contributed by atoms with Crippen LogP contribution in [0.15, 0.2) is 30.3 Å². The highest BCUT2D eigenvalue weighted by Gasteiger charge is 2.17. The van der Waals surface area contributed by atoms with Crippen LogP contribution in [0, 0.1) is 18.6 Å². The second-order valence-corrected chi connectivity index (χ2v) is 4.37. The van der Waals surface area contributed by atoms with E-state index in [1.54, 1.807) is 19.1 Å². The van der Waals surface area contributed by atoms with Gasteiger partial charge in [-0.25, -0.2) is 8.78 Å². The molecule has 0 fully saturated rings. The van der Waals surface area contributed by atoms with E-state index in [0.29, 0.717) is 11.8 Å². The average Bonchev–Trinajstić information content (AvgIpc) is 2.42. The molecule has 0 bridgehead atoms. The molecule has 0 aromatic heterocycles. The Morgan fingerprint density at radius 3 is 2.45 bits per heavy atom. The van der Waals surface area contributed by atoms with Crippen molar-refractivity contribution in [3.05, 3.63) is 58.7 Å². The van der Waals surface area contributed by atoms with E-state index in [-0.39, 0.29) is 16.8 Å². The van der Waals surface area contributed by atoms with Gasteiger partial charge in [0.15, 0.2) is 5.78 Å². The van der Waals surface area contributed by atoms with E-state index in [2.05, 4.69) is 0 Å².